The number of nitrogens with two attached hydrogens (primary N) is 1. The number of unbranched alkanes of at least 4 members (excludes halogenated alkanes) is 5. The van der Waals surface area contributed by atoms with Gasteiger partial charge in [-0.3, -0.25) is 9.59 Å². The molecule has 0 aromatic rings. The number of carbonyl (C=O) groups is 2. The lowest BCUT2D eigenvalue weighted by molar-refractivity contribution is -0.140. The molecule has 0 aliphatic rings. The Balaban J connectivity index is 3.16. The van der Waals surface area contributed by atoms with Gasteiger partial charge in [0.1, 0.15) is 0 Å². The molecule has 0 fully saturated rings. The first-order valence-corrected chi connectivity index (χ1v) is 6.17. The second kappa shape index (κ2) is 11.2. The van der Waals surface area contributed by atoms with Gasteiger partial charge in [0.25, 0.3) is 0 Å². The molecule has 17 heavy (non-hydrogen) atoms. The molecule has 0 spiro atoms. The van der Waals surface area contributed by atoms with Crippen molar-refractivity contribution in [3.63, 3.8) is 0 Å². The fraction of sp³-hybridized carbons (Fsp3) is 0.692. The van der Waals surface area contributed by atoms with Crippen molar-refractivity contribution in [3.8, 4) is 0 Å². The van der Waals surface area contributed by atoms with Gasteiger partial charge in [0.05, 0.1) is 7.11 Å². The molecule has 1 amide bonds. The highest BCUT2D eigenvalue weighted by Crippen LogP contribution is 2.08. The highest BCUT2D eigenvalue weighted by atomic mass is 16.5. The minimum absolute atomic E-state index is 0.126. The molecular formula is C13H23NO3. The Hall–Kier alpha value is -1.32. The zero-order chi connectivity index (χ0) is 12.9. The molecule has 2 N–H and O–H groups in total. The third kappa shape index (κ3) is 12.6. The van der Waals surface area contributed by atoms with Gasteiger partial charge in [-0.15, -0.1) is 0 Å². The van der Waals surface area contributed by atoms with E-state index >= 15 is 0 Å². The first-order chi connectivity index (χ1) is 8.16. The van der Waals surface area contributed by atoms with E-state index in [0.29, 0.717) is 12.8 Å². The van der Waals surface area contributed by atoms with Gasteiger partial charge in [0, 0.05) is 12.8 Å². The summed E-state index contributed by atoms with van der Waals surface area (Å²) in [5.74, 6) is -0.413. The van der Waals surface area contributed by atoms with Gasteiger partial charge in [-0.25, -0.2) is 0 Å². The quantitative estimate of drug-likeness (QED) is 0.362. The summed E-state index contributed by atoms with van der Waals surface area (Å²) in [6.45, 7) is 0. The molecule has 0 aromatic carbocycles. The normalized spacial score (nSPS) is 10.6. The van der Waals surface area contributed by atoms with Crippen molar-refractivity contribution in [2.24, 2.45) is 5.73 Å². The van der Waals surface area contributed by atoms with Crippen LogP contribution >= 0.6 is 0 Å². The zero-order valence-corrected chi connectivity index (χ0v) is 10.6. The maximum absolute atomic E-state index is 10.8. The molecule has 0 radical (unpaired) electrons. The van der Waals surface area contributed by atoms with Crippen LogP contribution in [0.3, 0.4) is 0 Å². The number of amides is 1. The predicted molar refractivity (Wildman–Crippen MR) is 67.3 cm³/mol. The smallest absolute Gasteiger partial charge is 0.305 e. The Morgan fingerprint density at radius 2 is 1.71 bits per heavy atom. The Bertz CT molecular complexity index is 249. The van der Waals surface area contributed by atoms with E-state index in [1.807, 2.05) is 12.2 Å². The molecule has 0 bridgehead atoms. The van der Waals surface area contributed by atoms with Gasteiger partial charge in [-0.2, -0.15) is 0 Å². The molecule has 0 aliphatic heterocycles. The summed E-state index contributed by atoms with van der Waals surface area (Å²) in [5.41, 5.74) is 5.00. The third-order valence-corrected chi connectivity index (χ3v) is 2.47. The Kier molecular flexibility index (Phi) is 10.3. The summed E-state index contributed by atoms with van der Waals surface area (Å²) in [6, 6.07) is 0. The van der Waals surface area contributed by atoms with Crippen LogP contribution in [-0.2, 0) is 14.3 Å². The molecule has 4 nitrogen and oxygen atoms in total. The Labute approximate surface area is 103 Å². The SMILES string of the molecule is COC(=O)CCCCCCC/C=C/CC(N)=O. The number of primary amides is 1. The highest BCUT2D eigenvalue weighted by Gasteiger charge is 1.98. The van der Waals surface area contributed by atoms with Gasteiger partial charge >= 0.3 is 5.97 Å². The molecule has 0 aliphatic carbocycles. The van der Waals surface area contributed by atoms with Gasteiger partial charge in [0.15, 0.2) is 0 Å². The molecule has 98 valence electrons. The summed E-state index contributed by atoms with van der Waals surface area (Å²) < 4.78 is 4.56. The first kappa shape index (κ1) is 15.7. The van der Waals surface area contributed by atoms with Gasteiger partial charge in [0.2, 0.25) is 5.91 Å². The van der Waals surface area contributed by atoms with Crippen molar-refractivity contribution in [1.82, 2.24) is 0 Å². The number of ether oxygens (including phenoxy) is 1. The van der Waals surface area contributed by atoms with E-state index in [-0.39, 0.29) is 11.9 Å². The number of allylic oxidation sites excluding steroid dienone is 1. The molecule has 0 unspecified atom stereocenters. The maximum atomic E-state index is 10.8. The largest absolute Gasteiger partial charge is 0.469 e. The lowest BCUT2D eigenvalue weighted by atomic mass is 10.1. The van der Waals surface area contributed by atoms with E-state index < -0.39 is 0 Å². The molecule has 4 heteroatoms. The van der Waals surface area contributed by atoms with Crippen LogP contribution in [0.2, 0.25) is 0 Å². The molecular weight excluding hydrogens is 218 g/mol. The summed E-state index contributed by atoms with van der Waals surface area (Å²) >= 11 is 0. The highest BCUT2D eigenvalue weighted by molar-refractivity contribution is 5.75. The van der Waals surface area contributed by atoms with Crippen molar-refractivity contribution >= 4 is 11.9 Å². The Morgan fingerprint density at radius 3 is 2.35 bits per heavy atom. The zero-order valence-electron chi connectivity index (χ0n) is 10.6. The number of rotatable bonds is 10. The van der Waals surface area contributed by atoms with Crippen molar-refractivity contribution in [2.45, 2.75) is 51.4 Å². The van der Waals surface area contributed by atoms with Crippen LogP contribution in [0.1, 0.15) is 51.4 Å². The second-order valence-electron chi connectivity index (χ2n) is 4.02. The summed E-state index contributed by atoms with van der Waals surface area (Å²) in [6.07, 6.45) is 11.1. The van der Waals surface area contributed by atoms with Crippen LogP contribution in [0.25, 0.3) is 0 Å². The standard InChI is InChI=1S/C13H23NO3/c1-17-13(16)11-9-7-5-3-2-4-6-8-10-12(14)15/h6,8H,2-5,7,9-11H2,1H3,(H2,14,15)/b8-6+. The summed E-state index contributed by atoms with van der Waals surface area (Å²) in [5, 5.41) is 0. The summed E-state index contributed by atoms with van der Waals surface area (Å²) in [7, 11) is 1.42. The molecule has 0 saturated heterocycles. The average Bonchev–Trinajstić information content (AvgIpc) is 2.30. The molecule has 0 aromatic heterocycles. The van der Waals surface area contributed by atoms with E-state index in [1.54, 1.807) is 0 Å². The van der Waals surface area contributed by atoms with E-state index in [0.717, 1.165) is 38.5 Å². The minimum atomic E-state index is -0.288. The topological polar surface area (TPSA) is 69.4 Å². The number of methoxy groups -OCH3 is 1. The number of esters is 1. The first-order valence-electron chi connectivity index (χ1n) is 6.17. The second-order valence-corrected chi connectivity index (χ2v) is 4.02. The maximum Gasteiger partial charge on any atom is 0.305 e. The van der Waals surface area contributed by atoms with Crippen LogP contribution in [-0.4, -0.2) is 19.0 Å². The van der Waals surface area contributed by atoms with Gasteiger partial charge in [-0.05, 0) is 19.3 Å². The van der Waals surface area contributed by atoms with E-state index in [1.165, 1.54) is 7.11 Å². The Morgan fingerprint density at radius 1 is 1.06 bits per heavy atom. The van der Waals surface area contributed by atoms with Crippen molar-refractivity contribution in [2.75, 3.05) is 7.11 Å². The van der Waals surface area contributed by atoms with E-state index in [4.69, 9.17) is 5.73 Å². The molecule has 0 rings (SSSR count). The number of carbonyl (C=O) groups excluding carboxylic acids is 2. The van der Waals surface area contributed by atoms with Gasteiger partial charge in [-0.1, -0.05) is 31.4 Å². The van der Waals surface area contributed by atoms with Crippen LogP contribution in [0, 0.1) is 0 Å². The lowest BCUT2D eigenvalue weighted by Gasteiger charge is -1.99. The van der Waals surface area contributed by atoms with Crippen molar-refractivity contribution in [1.29, 1.82) is 0 Å². The van der Waals surface area contributed by atoms with Gasteiger partial charge < -0.3 is 10.5 Å². The predicted octanol–water partition coefficient (Wildman–Crippen LogP) is 2.32. The van der Waals surface area contributed by atoms with E-state index in [2.05, 4.69) is 4.74 Å². The monoisotopic (exact) mass is 241 g/mol. The fourth-order valence-electron chi connectivity index (χ4n) is 1.48. The van der Waals surface area contributed by atoms with Crippen LogP contribution < -0.4 is 5.73 Å². The van der Waals surface area contributed by atoms with Crippen LogP contribution in [0.4, 0.5) is 0 Å². The summed E-state index contributed by atoms with van der Waals surface area (Å²) in [4.78, 5) is 21.2. The van der Waals surface area contributed by atoms with Crippen LogP contribution in [0.15, 0.2) is 12.2 Å². The van der Waals surface area contributed by atoms with Crippen LogP contribution in [0.5, 0.6) is 0 Å². The number of hydrogen-bond donors (Lipinski definition) is 1. The fourth-order valence-corrected chi connectivity index (χ4v) is 1.48. The minimum Gasteiger partial charge on any atom is -0.469 e. The third-order valence-electron chi connectivity index (χ3n) is 2.47. The molecule has 0 atom stereocenters. The number of hydrogen-bond acceptors (Lipinski definition) is 3. The van der Waals surface area contributed by atoms with Crippen molar-refractivity contribution in [3.05, 3.63) is 12.2 Å². The van der Waals surface area contributed by atoms with E-state index in [9.17, 15) is 9.59 Å². The lowest BCUT2D eigenvalue weighted by Crippen LogP contribution is -2.07. The van der Waals surface area contributed by atoms with Crippen molar-refractivity contribution < 1.29 is 14.3 Å². The molecule has 0 saturated carbocycles. The molecule has 0 heterocycles. The average molecular weight is 241 g/mol.